The van der Waals surface area contributed by atoms with E-state index in [2.05, 4.69) is 31.3 Å². The van der Waals surface area contributed by atoms with Crippen molar-refractivity contribution in [2.24, 2.45) is 0 Å². The number of hydrogen-bond acceptors (Lipinski definition) is 4. The van der Waals surface area contributed by atoms with Gasteiger partial charge >= 0.3 is 5.00 Å². The molecule has 0 spiro atoms. The molecule has 0 bridgehead atoms. The van der Waals surface area contributed by atoms with Gasteiger partial charge in [0.2, 0.25) is 0 Å². The van der Waals surface area contributed by atoms with E-state index >= 15 is 0 Å². The molecule has 1 aromatic heterocycles. The van der Waals surface area contributed by atoms with Crippen molar-refractivity contribution in [1.82, 2.24) is 0 Å². The highest BCUT2D eigenvalue weighted by Gasteiger charge is 2.09. The fourth-order valence-electron chi connectivity index (χ4n) is 1.60. The van der Waals surface area contributed by atoms with E-state index in [0.717, 1.165) is 10.6 Å². The van der Waals surface area contributed by atoms with Crippen molar-refractivity contribution in [2.45, 2.75) is 20.4 Å². The van der Waals surface area contributed by atoms with Crippen molar-refractivity contribution in [3.05, 3.63) is 56.5 Å². The Morgan fingerprint density at radius 3 is 2.61 bits per heavy atom. The first-order chi connectivity index (χ1) is 8.56. The first kappa shape index (κ1) is 12.6. The first-order valence-electron chi connectivity index (χ1n) is 5.60. The van der Waals surface area contributed by atoms with Gasteiger partial charge in [0.05, 0.1) is 4.92 Å². The average molecular weight is 262 g/mol. The number of anilines is 1. The zero-order valence-electron chi connectivity index (χ0n) is 10.3. The lowest BCUT2D eigenvalue weighted by Crippen LogP contribution is -1.97. The van der Waals surface area contributed by atoms with Crippen LogP contribution in [0.5, 0.6) is 0 Å². The first-order valence-corrected chi connectivity index (χ1v) is 6.42. The van der Waals surface area contributed by atoms with Crippen LogP contribution >= 0.6 is 11.3 Å². The smallest absolute Gasteiger partial charge is 0.324 e. The van der Waals surface area contributed by atoms with Gasteiger partial charge in [0, 0.05) is 23.2 Å². The minimum absolute atomic E-state index is 0.187. The molecule has 0 aliphatic carbocycles. The minimum Gasteiger partial charge on any atom is -0.380 e. The topological polar surface area (TPSA) is 55.2 Å². The normalized spacial score (nSPS) is 10.3. The molecule has 1 N–H and O–H groups in total. The fraction of sp³-hybridized carbons (Fsp3) is 0.231. The molecule has 94 valence electrons. The molecule has 1 heterocycles. The van der Waals surface area contributed by atoms with Crippen molar-refractivity contribution < 1.29 is 4.92 Å². The van der Waals surface area contributed by atoms with E-state index in [1.807, 2.05) is 6.07 Å². The lowest BCUT2D eigenvalue weighted by molar-refractivity contribution is -0.380. The summed E-state index contributed by atoms with van der Waals surface area (Å²) in [6.45, 7) is 4.75. The highest BCUT2D eigenvalue weighted by atomic mass is 32.1. The molecule has 0 fully saturated rings. The quantitative estimate of drug-likeness (QED) is 0.672. The molecule has 0 saturated carbocycles. The number of rotatable bonds is 4. The molecule has 2 rings (SSSR count). The number of nitro groups is 1. The molecule has 0 unspecified atom stereocenters. The minimum atomic E-state index is -0.357. The number of nitrogens with one attached hydrogen (secondary N) is 1. The van der Waals surface area contributed by atoms with Crippen molar-refractivity contribution >= 4 is 22.0 Å². The monoisotopic (exact) mass is 262 g/mol. The summed E-state index contributed by atoms with van der Waals surface area (Å²) in [4.78, 5) is 11.2. The number of hydrogen-bond donors (Lipinski definition) is 1. The third-order valence-electron chi connectivity index (χ3n) is 2.80. The van der Waals surface area contributed by atoms with Gasteiger partial charge in [-0.2, -0.15) is 0 Å². The van der Waals surface area contributed by atoms with Crippen molar-refractivity contribution in [1.29, 1.82) is 0 Å². The maximum atomic E-state index is 10.6. The van der Waals surface area contributed by atoms with Gasteiger partial charge < -0.3 is 5.32 Å². The summed E-state index contributed by atoms with van der Waals surface area (Å²) >= 11 is 1.21. The highest BCUT2D eigenvalue weighted by molar-refractivity contribution is 7.15. The summed E-state index contributed by atoms with van der Waals surface area (Å²) in [7, 11) is 0. The Balaban J connectivity index is 2.02. The van der Waals surface area contributed by atoms with Gasteiger partial charge in [-0.15, -0.1) is 0 Å². The van der Waals surface area contributed by atoms with Crippen molar-refractivity contribution in [3.63, 3.8) is 0 Å². The summed E-state index contributed by atoms with van der Waals surface area (Å²) in [6.07, 6.45) is 0. The van der Waals surface area contributed by atoms with Crippen LogP contribution in [0.2, 0.25) is 0 Å². The Kier molecular flexibility index (Phi) is 3.62. The van der Waals surface area contributed by atoms with E-state index in [-0.39, 0.29) is 9.92 Å². The largest absolute Gasteiger partial charge is 0.380 e. The SMILES string of the molecule is Cc1ccc(NCc2ccc([N+](=O)[O-])s2)cc1C. The Morgan fingerprint density at radius 2 is 2.00 bits per heavy atom. The predicted molar refractivity (Wildman–Crippen MR) is 74.2 cm³/mol. The molecule has 0 atom stereocenters. The molecule has 2 aromatic rings. The third kappa shape index (κ3) is 2.87. The molecule has 0 radical (unpaired) electrons. The molecule has 0 aliphatic rings. The lowest BCUT2D eigenvalue weighted by Gasteiger charge is -2.07. The van der Waals surface area contributed by atoms with Gasteiger partial charge in [-0.1, -0.05) is 17.4 Å². The molecular formula is C13H14N2O2S. The van der Waals surface area contributed by atoms with E-state index in [1.165, 1.54) is 22.5 Å². The van der Waals surface area contributed by atoms with Gasteiger partial charge in [-0.05, 0) is 43.2 Å². The molecule has 18 heavy (non-hydrogen) atoms. The fourth-order valence-corrected chi connectivity index (χ4v) is 2.36. The van der Waals surface area contributed by atoms with Gasteiger partial charge in [-0.3, -0.25) is 10.1 Å². The Morgan fingerprint density at radius 1 is 1.22 bits per heavy atom. The second kappa shape index (κ2) is 5.18. The zero-order valence-corrected chi connectivity index (χ0v) is 11.1. The van der Waals surface area contributed by atoms with Crippen LogP contribution in [0.1, 0.15) is 16.0 Å². The lowest BCUT2D eigenvalue weighted by atomic mass is 10.1. The van der Waals surface area contributed by atoms with Crippen LogP contribution in [-0.2, 0) is 6.54 Å². The predicted octanol–water partition coefficient (Wildman–Crippen LogP) is 3.89. The standard InChI is InChI=1S/C13H14N2O2S/c1-9-3-4-11(7-10(9)2)14-8-12-5-6-13(18-12)15(16)17/h3-7,14H,8H2,1-2H3. The van der Waals surface area contributed by atoms with E-state index < -0.39 is 0 Å². The van der Waals surface area contributed by atoms with Crippen LogP contribution in [-0.4, -0.2) is 4.92 Å². The third-order valence-corrected chi connectivity index (χ3v) is 3.84. The Hall–Kier alpha value is -1.88. The summed E-state index contributed by atoms with van der Waals surface area (Å²) in [6, 6.07) is 9.50. The van der Waals surface area contributed by atoms with Crippen LogP contribution in [0.25, 0.3) is 0 Å². The van der Waals surface area contributed by atoms with Crippen molar-refractivity contribution in [2.75, 3.05) is 5.32 Å². The van der Waals surface area contributed by atoms with E-state index in [0.29, 0.717) is 6.54 Å². The van der Waals surface area contributed by atoms with Gasteiger partial charge in [0.1, 0.15) is 0 Å². The van der Waals surface area contributed by atoms with Crippen LogP contribution in [0.15, 0.2) is 30.3 Å². The van der Waals surface area contributed by atoms with Crippen LogP contribution in [0.3, 0.4) is 0 Å². The summed E-state index contributed by atoms with van der Waals surface area (Å²) in [5.74, 6) is 0. The number of aryl methyl sites for hydroxylation is 2. The summed E-state index contributed by atoms with van der Waals surface area (Å²) in [5.41, 5.74) is 3.53. The number of nitrogens with zero attached hydrogens (tertiary/aromatic N) is 1. The maximum absolute atomic E-state index is 10.6. The molecule has 1 aromatic carbocycles. The molecular weight excluding hydrogens is 248 g/mol. The summed E-state index contributed by atoms with van der Waals surface area (Å²) in [5, 5.41) is 14.0. The Bertz CT molecular complexity index is 578. The molecule has 0 amide bonds. The van der Waals surface area contributed by atoms with E-state index in [9.17, 15) is 10.1 Å². The van der Waals surface area contributed by atoms with Crippen molar-refractivity contribution in [3.8, 4) is 0 Å². The van der Waals surface area contributed by atoms with Gasteiger partial charge in [0.25, 0.3) is 0 Å². The molecule has 0 aliphatic heterocycles. The molecule has 0 saturated heterocycles. The van der Waals surface area contributed by atoms with Crippen LogP contribution in [0.4, 0.5) is 10.7 Å². The Labute approximate surface area is 109 Å². The second-order valence-electron chi connectivity index (χ2n) is 4.15. The number of benzene rings is 1. The molecule has 4 nitrogen and oxygen atoms in total. The maximum Gasteiger partial charge on any atom is 0.324 e. The number of thiophene rings is 1. The van der Waals surface area contributed by atoms with Gasteiger partial charge in [0.15, 0.2) is 0 Å². The zero-order chi connectivity index (χ0) is 13.1. The van der Waals surface area contributed by atoms with Crippen LogP contribution in [0, 0.1) is 24.0 Å². The highest BCUT2D eigenvalue weighted by Crippen LogP contribution is 2.25. The van der Waals surface area contributed by atoms with Crippen LogP contribution < -0.4 is 5.32 Å². The van der Waals surface area contributed by atoms with Gasteiger partial charge in [-0.25, -0.2) is 0 Å². The molecule has 5 heteroatoms. The van der Waals surface area contributed by atoms with E-state index in [1.54, 1.807) is 12.1 Å². The van der Waals surface area contributed by atoms with E-state index in [4.69, 9.17) is 0 Å². The second-order valence-corrected chi connectivity index (χ2v) is 5.30. The average Bonchev–Trinajstić information content (AvgIpc) is 2.79. The summed E-state index contributed by atoms with van der Waals surface area (Å²) < 4.78 is 0.